The smallest absolute Gasteiger partial charge is 0.130 e. The predicted octanol–water partition coefficient (Wildman–Crippen LogP) is 2.77. The molecule has 0 atom stereocenters. The van der Waals surface area contributed by atoms with E-state index in [9.17, 15) is 0 Å². The minimum atomic E-state index is 0.423. The summed E-state index contributed by atoms with van der Waals surface area (Å²) < 4.78 is 5.65. The first kappa shape index (κ1) is 12.9. The van der Waals surface area contributed by atoms with E-state index >= 15 is 0 Å². The topological polar surface area (TPSA) is 57.9 Å². The molecule has 0 saturated heterocycles. The van der Waals surface area contributed by atoms with Gasteiger partial charge in [-0.3, -0.25) is 4.98 Å². The Morgan fingerprint density at radius 1 is 1.26 bits per heavy atom. The number of nitriles is 1. The number of rotatable bonds is 5. The van der Waals surface area contributed by atoms with Gasteiger partial charge in [0.25, 0.3) is 0 Å². The quantitative estimate of drug-likeness (QED) is 0.890. The zero-order valence-corrected chi connectivity index (χ0v) is 10.8. The first-order valence-electron chi connectivity index (χ1n) is 6.03. The molecule has 0 bridgehead atoms. The van der Waals surface area contributed by atoms with Crippen LogP contribution in [0.5, 0.6) is 5.75 Å². The van der Waals surface area contributed by atoms with Crippen molar-refractivity contribution in [1.82, 2.24) is 4.98 Å². The molecular weight excluding hydrogens is 238 g/mol. The van der Waals surface area contributed by atoms with E-state index < -0.39 is 0 Å². The summed E-state index contributed by atoms with van der Waals surface area (Å²) in [7, 11) is 1.87. The van der Waals surface area contributed by atoms with Crippen molar-refractivity contribution in [1.29, 1.82) is 5.26 Å². The molecule has 2 rings (SSSR count). The number of anilines is 1. The van der Waals surface area contributed by atoms with Gasteiger partial charge in [0.1, 0.15) is 12.4 Å². The largest absolute Gasteiger partial charge is 0.487 e. The van der Waals surface area contributed by atoms with E-state index in [1.807, 2.05) is 43.4 Å². The molecule has 4 heteroatoms. The van der Waals surface area contributed by atoms with Gasteiger partial charge in [-0.1, -0.05) is 12.1 Å². The Morgan fingerprint density at radius 2 is 2.05 bits per heavy atom. The first-order chi connectivity index (χ1) is 9.31. The molecule has 1 N–H and O–H groups in total. The molecule has 4 nitrogen and oxygen atoms in total. The van der Waals surface area contributed by atoms with E-state index in [1.165, 1.54) is 0 Å². The van der Waals surface area contributed by atoms with E-state index in [4.69, 9.17) is 10.00 Å². The Labute approximate surface area is 112 Å². The summed E-state index contributed by atoms with van der Waals surface area (Å²) in [6.45, 7) is 0.424. The molecule has 0 unspecified atom stereocenters. The van der Waals surface area contributed by atoms with Gasteiger partial charge in [0.15, 0.2) is 0 Å². The van der Waals surface area contributed by atoms with Gasteiger partial charge >= 0.3 is 0 Å². The molecule has 2 aromatic rings. The van der Waals surface area contributed by atoms with Crippen LogP contribution in [0.15, 0.2) is 42.6 Å². The minimum absolute atomic E-state index is 0.423. The third-order valence-corrected chi connectivity index (χ3v) is 2.70. The van der Waals surface area contributed by atoms with Crippen molar-refractivity contribution in [3.8, 4) is 11.8 Å². The summed E-state index contributed by atoms with van der Waals surface area (Å²) in [5, 5.41) is 11.7. The molecular formula is C15H15N3O. The number of aromatic nitrogens is 1. The zero-order chi connectivity index (χ0) is 13.5. The maximum Gasteiger partial charge on any atom is 0.130 e. The average molecular weight is 253 g/mol. The Hall–Kier alpha value is -2.54. The van der Waals surface area contributed by atoms with Crippen LogP contribution < -0.4 is 10.1 Å². The van der Waals surface area contributed by atoms with Gasteiger partial charge < -0.3 is 10.1 Å². The molecule has 0 fully saturated rings. The second-order valence-electron chi connectivity index (χ2n) is 4.05. The number of pyridine rings is 1. The maximum absolute atomic E-state index is 8.59. The Kier molecular flexibility index (Phi) is 4.35. The van der Waals surface area contributed by atoms with Gasteiger partial charge in [-0.15, -0.1) is 0 Å². The fourth-order valence-electron chi connectivity index (χ4n) is 1.66. The summed E-state index contributed by atoms with van der Waals surface area (Å²) in [6.07, 6.45) is 2.17. The Morgan fingerprint density at radius 3 is 2.74 bits per heavy atom. The molecule has 0 aliphatic rings. The number of nitrogens with one attached hydrogen (secondary N) is 1. The van der Waals surface area contributed by atoms with Crippen LogP contribution in [0.1, 0.15) is 11.3 Å². The highest BCUT2D eigenvalue weighted by Gasteiger charge is 1.99. The van der Waals surface area contributed by atoms with Crippen molar-refractivity contribution in [3.05, 3.63) is 53.9 Å². The fraction of sp³-hybridized carbons (Fsp3) is 0.200. The summed E-state index contributed by atoms with van der Waals surface area (Å²) in [6, 6.07) is 13.5. The lowest BCUT2D eigenvalue weighted by atomic mass is 10.2. The van der Waals surface area contributed by atoms with Gasteiger partial charge in [0.2, 0.25) is 0 Å². The van der Waals surface area contributed by atoms with Crippen LogP contribution >= 0.6 is 0 Å². The fourth-order valence-corrected chi connectivity index (χ4v) is 1.66. The second kappa shape index (κ2) is 6.41. The lowest BCUT2D eigenvalue weighted by molar-refractivity contribution is 0.301. The molecule has 0 amide bonds. The summed E-state index contributed by atoms with van der Waals surface area (Å²) in [5.74, 6) is 0.776. The molecule has 0 spiro atoms. The molecule has 1 heterocycles. The van der Waals surface area contributed by atoms with E-state index in [2.05, 4.69) is 16.4 Å². The van der Waals surface area contributed by atoms with Gasteiger partial charge in [0, 0.05) is 18.9 Å². The molecule has 0 aliphatic heterocycles. The maximum atomic E-state index is 8.59. The standard InChI is InChI=1S/C15H15N3O/c1-17-13-7-9-18-14(10-13)11-19-15-4-2-12(3-5-15)6-8-16/h2-5,7,9-10H,6,11H2,1H3,(H,17,18). The Balaban J connectivity index is 1.96. The molecule has 1 aromatic carbocycles. The van der Waals surface area contributed by atoms with E-state index in [0.29, 0.717) is 13.0 Å². The minimum Gasteiger partial charge on any atom is -0.487 e. The predicted molar refractivity (Wildman–Crippen MR) is 73.9 cm³/mol. The second-order valence-corrected chi connectivity index (χ2v) is 4.05. The molecule has 19 heavy (non-hydrogen) atoms. The van der Waals surface area contributed by atoms with Crippen LogP contribution in [0, 0.1) is 11.3 Å². The molecule has 0 radical (unpaired) electrons. The lowest BCUT2D eigenvalue weighted by Crippen LogP contribution is -1.99. The highest BCUT2D eigenvalue weighted by Crippen LogP contribution is 2.15. The van der Waals surface area contributed by atoms with E-state index in [1.54, 1.807) is 6.20 Å². The monoisotopic (exact) mass is 253 g/mol. The van der Waals surface area contributed by atoms with Crippen molar-refractivity contribution >= 4 is 5.69 Å². The van der Waals surface area contributed by atoms with Crippen LogP contribution in [0.4, 0.5) is 5.69 Å². The summed E-state index contributed by atoms with van der Waals surface area (Å²) in [5.41, 5.74) is 2.87. The summed E-state index contributed by atoms with van der Waals surface area (Å²) in [4.78, 5) is 4.24. The van der Waals surface area contributed by atoms with Gasteiger partial charge in [-0.2, -0.15) is 5.26 Å². The lowest BCUT2D eigenvalue weighted by Gasteiger charge is -2.07. The number of ether oxygens (including phenoxy) is 1. The van der Waals surface area contributed by atoms with Crippen LogP contribution in [0.3, 0.4) is 0 Å². The van der Waals surface area contributed by atoms with Crippen molar-refractivity contribution in [2.75, 3.05) is 12.4 Å². The van der Waals surface area contributed by atoms with Crippen LogP contribution in [0.2, 0.25) is 0 Å². The normalized spacial score (nSPS) is 9.68. The van der Waals surface area contributed by atoms with Crippen molar-refractivity contribution in [2.45, 2.75) is 13.0 Å². The molecule has 96 valence electrons. The highest BCUT2D eigenvalue weighted by atomic mass is 16.5. The SMILES string of the molecule is CNc1ccnc(COc2ccc(CC#N)cc2)c1. The number of benzene rings is 1. The molecule has 1 aromatic heterocycles. The van der Waals surface area contributed by atoms with Crippen molar-refractivity contribution in [3.63, 3.8) is 0 Å². The van der Waals surface area contributed by atoms with Crippen LogP contribution in [0.25, 0.3) is 0 Å². The Bertz CT molecular complexity index is 573. The molecule has 0 aliphatic carbocycles. The van der Waals surface area contributed by atoms with E-state index in [0.717, 1.165) is 22.7 Å². The average Bonchev–Trinajstić information content (AvgIpc) is 2.47. The van der Waals surface area contributed by atoms with E-state index in [-0.39, 0.29) is 0 Å². The van der Waals surface area contributed by atoms with Crippen LogP contribution in [-0.2, 0) is 13.0 Å². The number of hydrogen-bond donors (Lipinski definition) is 1. The summed E-state index contributed by atoms with van der Waals surface area (Å²) >= 11 is 0. The van der Waals surface area contributed by atoms with Crippen molar-refractivity contribution < 1.29 is 4.74 Å². The first-order valence-corrected chi connectivity index (χ1v) is 6.03. The highest BCUT2D eigenvalue weighted by molar-refractivity contribution is 5.42. The zero-order valence-electron chi connectivity index (χ0n) is 10.8. The molecule has 0 saturated carbocycles. The number of hydrogen-bond acceptors (Lipinski definition) is 4. The van der Waals surface area contributed by atoms with Gasteiger partial charge in [-0.25, -0.2) is 0 Å². The third kappa shape index (κ3) is 3.71. The van der Waals surface area contributed by atoms with Gasteiger partial charge in [0.05, 0.1) is 18.2 Å². The van der Waals surface area contributed by atoms with Gasteiger partial charge in [-0.05, 0) is 29.8 Å². The van der Waals surface area contributed by atoms with Crippen LogP contribution in [-0.4, -0.2) is 12.0 Å². The third-order valence-electron chi connectivity index (χ3n) is 2.70. The van der Waals surface area contributed by atoms with Crippen molar-refractivity contribution in [2.24, 2.45) is 0 Å². The number of nitrogens with zero attached hydrogens (tertiary/aromatic N) is 2.